The molecular formula is C42H26. The van der Waals surface area contributed by atoms with Crippen LogP contribution in [0, 0.1) is 0 Å². The zero-order chi connectivity index (χ0) is 27.6. The highest BCUT2D eigenvalue weighted by Gasteiger charge is 2.19. The van der Waals surface area contributed by atoms with Crippen molar-refractivity contribution in [3.63, 3.8) is 0 Å². The van der Waals surface area contributed by atoms with E-state index in [4.69, 9.17) is 0 Å². The van der Waals surface area contributed by atoms with E-state index < -0.39 is 0 Å². The van der Waals surface area contributed by atoms with Gasteiger partial charge in [0.2, 0.25) is 0 Å². The second kappa shape index (κ2) is 9.03. The number of hydrogen-bond acceptors (Lipinski definition) is 0. The fraction of sp³-hybridized carbons (Fsp3) is 0. The Hall–Kier alpha value is -5.46. The van der Waals surface area contributed by atoms with Crippen LogP contribution in [0.5, 0.6) is 0 Å². The lowest BCUT2D eigenvalue weighted by atomic mass is 9.83. The molecule has 0 aromatic heterocycles. The molecule has 0 saturated carbocycles. The smallest absolute Gasteiger partial charge is 0.00199 e. The fourth-order valence-corrected chi connectivity index (χ4v) is 7.16. The largest absolute Gasteiger partial charge is 0.0616 e. The number of benzene rings is 9. The molecule has 0 bridgehead atoms. The van der Waals surface area contributed by atoms with Gasteiger partial charge in [0.1, 0.15) is 0 Å². The maximum Gasteiger partial charge on any atom is -0.00199 e. The Morgan fingerprint density at radius 3 is 1.43 bits per heavy atom. The molecule has 0 radical (unpaired) electrons. The molecule has 0 unspecified atom stereocenters. The van der Waals surface area contributed by atoms with Gasteiger partial charge in [-0.3, -0.25) is 0 Å². The second-order valence-corrected chi connectivity index (χ2v) is 11.3. The minimum Gasteiger partial charge on any atom is -0.0616 e. The van der Waals surface area contributed by atoms with Crippen LogP contribution < -0.4 is 0 Å². The summed E-state index contributed by atoms with van der Waals surface area (Å²) in [6.07, 6.45) is 0. The molecule has 0 aliphatic heterocycles. The van der Waals surface area contributed by atoms with Crippen molar-refractivity contribution >= 4 is 64.6 Å². The van der Waals surface area contributed by atoms with Gasteiger partial charge in [-0.2, -0.15) is 0 Å². The first kappa shape index (κ1) is 23.3. The predicted molar refractivity (Wildman–Crippen MR) is 182 cm³/mol. The van der Waals surface area contributed by atoms with Crippen molar-refractivity contribution in [3.05, 3.63) is 158 Å². The van der Waals surface area contributed by atoms with Crippen molar-refractivity contribution in [1.82, 2.24) is 0 Å². The van der Waals surface area contributed by atoms with Crippen LogP contribution in [-0.4, -0.2) is 0 Å². The maximum absolute atomic E-state index is 2.42. The molecule has 194 valence electrons. The Bertz CT molecular complexity index is 2460. The molecule has 0 nitrogen and oxygen atoms in total. The molecule has 0 heterocycles. The van der Waals surface area contributed by atoms with Crippen LogP contribution in [0.15, 0.2) is 158 Å². The minimum absolute atomic E-state index is 1.25. The molecular weight excluding hydrogens is 504 g/mol. The molecule has 0 saturated heterocycles. The van der Waals surface area contributed by atoms with Crippen molar-refractivity contribution in [2.24, 2.45) is 0 Å². The summed E-state index contributed by atoms with van der Waals surface area (Å²) in [5.74, 6) is 0. The van der Waals surface area contributed by atoms with Gasteiger partial charge in [-0.15, -0.1) is 0 Å². The van der Waals surface area contributed by atoms with E-state index in [1.165, 1.54) is 86.9 Å². The first-order valence-corrected chi connectivity index (χ1v) is 14.6. The third-order valence-electron chi connectivity index (χ3n) is 8.99. The Morgan fingerprint density at radius 2 is 0.738 bits per heavy atom. The van der Waals surface area contributed by atoms with Gasteiger partial charge in [0.05, 0.1) is 0 Å². The molecule has 0 N–H and O–H groups in total. The van der Waals surface area contributed by atoms with Crippen LogP contribution in [0.25, 0.3) is 86.9 Å². The number of rotatable bonds is 2. The Kier molecular flexibility index (Phi) is 5.00. The summed E-state index contributed by atoms with van der Waals surface area (Å²) in [4.78, 5) is 0. The third kappa shape index (κ3) is 3.36. The zero-order valence-electron chi connectivity index (χ0n) is 23.0. The summed E-state index contributed by atoms with van der Waals surface area (Å²) >= 11 is 0. The van der Waals surface area contributed by atoms with E-state index in [0.29, 0.717) is 0 Å². The summed E-state index contributed by atoms with van der Waals surface area (Å²) in [6, 6.07) is 58.1. The van der Waals surface area contributed by atoms with Crippen molar-refractivity contribution in [1.29, 1.82) is 0 Å². The van der Waals surface area contributed by atoms with Crippen LogP contribution in [0.3, 0.4) is 0 Å². The highest BCUT2D eigenvalue weighted by molar-refractivity contribution is 6.28. The van der Waals surface area contributed by atoms with E-state index in [9.17, 15) is 0 Å². The zero-order valence-corrected chi connectivity index (χ0v) is 23.0. The molecule has 0 aliphatic carbocycles. The van der Waals surface area contributed by atoms with E-state index in [-0.39, 0.29) is 0 Å². The molecule has 0 heteroatoms. The highest BCUT2D eigenvalue weighted by atomic mass is 14.2. The van der Waals surface area contributed by atoms with Crippen LogP contribution in [0.4, 0.5) is 0 Å². The monoisotopic (exact) mass is 530 g/mol. The standard InChI is InChI=1S/C42H26/c1-2-13-29-25-30(23-21-27(29)11-1)41-35-17-7-9-19-37(35)42(38-20-10-8-18-36(38)41)39-26-31-24-22-28-12-3-4-14-32(28)40(31)34-16-6-5-15-33(34)39/h1-26H. The van der Waals surface area contributed by atoms with Gasteiger partial charge >= 0.3 is 0 Å². The van der Waals surface area contributed by atoms with Gasteiger partial charge in [0.15, 0.2) is 0 Å². The topological polar surface area (TPSA) is 0 Å². The third-order valence-corrected chi connectivity index (χ3v) is 8.99. The molecule has 0 fully saturated rings. The van der Waals surface area contributed by atoms with Gasteiger partial charge in [-0.05, 0) is 99.0 Å². The normalized spacial score (nSPS) is 11.8. The average Bonchev–Trinajstić information content (AvgIpc) is 3.06. The fourth-order valence-electron chi connectivity index (χ4n) is 7.16. The van der Waals surface area contributed by atoms with Crippen molar-refractivity contribution in [2.75, 3.05) is 0 Å². The Morgan fingerprint density at radius 1 is 0.262 bits per heavy atom. The van der Waals surface area contributed by atoms with E-state index in [0.717, 1.165) is 0 Å². The number of fused-ring (bicyclic) bond motifs is 8. The maximum atomic E-state index is 2.42. The molecule has 0 spiro atoms. The molecule has 42 heavy (non-hydrogen) atoms. The quantitative estimate of drug-likeness (QED) is 0.154. The lowest BCUT2D eigenvalue weighted by Crippen LogP contribution is -1.92. The molecule has 9 aromatic carbocycles. The van der Waals surface area contributed by atoms with Gasteiger partial charge in [0, 0.05) is 0 Å². The van der Waals surface area contributed by atoms with Gasteiger partial charge < -0.3 is 0 Å². The first-order valence-electron chi connectivity index (χ1n) is 14.6. The lowest BCUT2D eigenvalue weighted by molar-refractivity contribution is 1.69. The lowest BCUT2D eigenvalue weighted by Gasteiger charge is -2.20. The Balaban J connectivity index is 1.45. The van der Waals surface area contributed by atoms with E-state index in [1.54, 1.807) is 0 Å². The van der Waals surface area contributed by atoms with E-state index >= 15 is 0 Å². The Labute approximate surface area is 244 Å². The van der Waals surface area contributed by atoms with E-state index in [2.05, 4.69) is 158 Å². The van der Waals surface area contributed by atoms with Gasteiger partial charge in [-0.25, -0.2) is 0 Å². The second-order valence-electron chi connectivity index (χ2n) is 11.3. The van der Waals surface area contributed by atoms with E-state index in [1.807, 2.05) is 0 Å². The van der Waals surface area contributed by atoms with Crippen LogP contribution in [-0.2, 0) is 0 Å². The number of hydrogen-bond donors (Lipinski definition) is 0. The minimum atomic E-state index is 1.25. The molecule has 0 atom stereocenters. The summed E-state index contributed by atoms with van der Waals surface area (Å²) in [5.41, 5.74) is 5.14. The van der Waals surface area contributed by atoms with Crippen molar-refractivity contribution in [3.8, 4) is 22.3 Å². The summed E-state index contributed by atoms with van der Waals surface area (Å²) in [5, 5.41) is 15.4. The highest BCUT2D eigenvalue weighted by Crippen LogP contribution is 2.47. The van der Waals surface area contributed by atoms with Crippen LogP contribution >= 0.6 is 0 Å². The molecule has 0 aliphatic rings. The van der Waals surface area contributed by atoms with Crippen molar-refractivity contribution < 1.29 is 0 Å². The van der Waals surface area contributed by atoms with Crippen molar-refractivity contribution in [2.45, 2.75) is 0 Å². The predicted octanol–water partition coefficient (Wildman–Crippen LogP) is 11.9. The van der Waals surface area contributed by atoms with Gasteiger partial charge in [-0.1, -0.05) is 146 Å². The first-order chi connectivity index (χ1) is 20.8. The van der Waals surface area contributed by atoms with Crippen LogP contribution in [0.2, 0.25) is 0 Å². The molecule has 9 rings (SSSR count). The summed E-state index contributed by atoms with van der Waals surface area (Å²) in [6.45, 7) is 0. The molecule has 0 amide bonds. The van der Waals surface area contributed by atoms with Gasteiger partial charge in [0.25, 0.3) is 0 Å². The van der Waals surface area contributed by atoms with Crippen LogP contribution in [0.1, 0.15) is 0 Å². The average molecular weight is 531 g/mol. The summed E-state index contributed by atoms with van der Waals surface area (Å²) < 4.78 is 0. The molecule has 9 aromatic rings. The SMILES string of the molecule is c1ccc2cc(-c3c4ccccc4c(-c4cc5ccc6ccccc6c5c5ccccc45)c4ccccc34)ccc2c1. The summed E-state index contributed by atoms with van der Waals surface area (Å²) in [7, 11) is 0.